The first-order valence-corrected chi connectivity index (χ1v) is 43.6. The molecule has 0 heterocycles. The Hall–Kier alpha value is -1.94. The third kappa shape index (κ3) is 72.2. The topological polar surface area (TPSA) is 237 Å². The first-order chi connectivity index (χ1) is 47.0. The van der Waals surface area contributed by atoms with Crippen LogP contribution in [0.25, 0.3) is 0 Å². The van der Waals surface area contributed by atoms with E-state index < -0.39 is 97.5 Å². The van der Waals surface area contributed by atoms with Gasteiger partial charge < -0.3 is 33.8 Å². The van der Waals surface area contributed by atoms with Gasteiger partial charge in [-0.2, -0.15) is 0 Å². The smallest absolute Gasteiger partial charge is 0.462 e. The molecule has 0 aromatic carbocycles. The van der Waals surface area contributed by atoms with Crippen LogP contribution in [0, 0.1) is 5.92 Å². The Labute approximate surface area is 594 Å². The Balaban J connectivity index is 5.23. The molecule has 3 N–H and O–H groups in total. The number of hydrogen-bond acceptors (Lipinski definition) is 15. The summed E-state index contributed by atoms with van der Waals surface area (Å²) in [6.45, 7) is 7.33. The Kier molecular flexibility index (Phi) is 69.6. The van der Waals surface area contributed by atoms with Crippen molar-refractivity contribution in [1.82, 2.24) is 0 Å². The monoisotopic (exact) mass is 1420 g/mol. The minimum absolute atomic E-state index is 0.108. The second-order valence-electron chi connectivity index (χ2n) is 28.6. The molecule has 0 aliphatic rings. The minimum atomic E-state index is -4.96. The van der Waals surface area contributed by atoms with Crippen molar-refractivity contribution in [2.75, 3.05) is 39.6 Å². The average Bonchev–Trinajstić information content (AvgIpc) is 1.55. The van der Waals surface area contributed by atoms with Gasteiger partial charge in [-0.1, -0.05) is 362 Å². The van der Waals surface area contributed by atoms with Crippen molar-refractivity contribution in [3.63, 3.8) is 0 Å². The number of aliphatic hydroxyl groups is 1. The standard InChI is InChI=1S/C78H152O17P2/c1-6-9-12-15-18-21-24-26-27-28-29-30-35-39-44-49-54-59-64-78(83)95-74(68-89-76(81)62-57-52-47-42-38-34-32-31-33-36-40-45-50-55-60-71(4)5)70-93-97(86,87)91-66-72(79)65-90-96(84,85)92-69-73(67-88-75(80)61-56-51-46-41-23-20-17-14-11-8-3)94-77(82)63-58-53-48-43-37-25-22-19-16-13-10-7-2/h71-74,79H,6-70H2,1-5H3,(H,84,85)(H,86,87)/t72-,73+,74+/m0/s1. The normalized spacial score (nSPS) is 13.9. The second-order valence-corrected chi connectivity index (χ2v) is 31.5. The molecule has 17 nitrogen and oxygen atoms in total. The maximum absolute atomic E-state index is 13.1. The van der Waals surface area contributed by atoms with Crippen molar-refractivity contribution in [3.8, 4) is 0 Å². The van der Waals surface area contributed by atoms with Crippen LogP contribution in [-0.2, 0) is 65.4 Å². The highest BCUT2D eigenvalue weighted by Gasteiger charge is 2.30. The van der Waals surface area contributed by atoms with E-state index in [-0.39, 0.29) is 25.7 Å². The van der Waals surface area contributed by atoms with Crippen molar-refractivity contribution >= 4 is 39.5 Å². The number of rotatable bonds is 78. The summed E-state index contributed by atoms with van der Waals surface area (Å²) in [6, 6.07) is 0. The highest BCUT2D eigenvalue weighted by molar-refractivity contribution is 7.47. The summed E-state index contributed by atoms with van der Waals surface area (Å²) in [5.74, 6) is -1.31. The summed E-state index contributed by atoms with van der Waals surface area (Å²) < 4.78 is 68.6. The molecule has 0 saturated heterocycles. The first kappa shape index (κ1) is 95.1. The van der Waals surface area contributed by atoms with Crippen LogP contribution in [0.1, 0.15) is 413 Å². The molecular formula is C78H152O17P2. The number of aliphatic hydroxyl groups excluding tert-OH is 1. The van der Waals surface area contributed by atoms with Crippen LogP contribution in [0.3, 0.4) is 0 Å². The molecule has 5 atom stereocenters. The van der Waals surface area contributed by atoms with Gasteiger partial charge in [-0.3, -0.25) is 37.3 Å². The van der Waals surface area contributed by atoms with Crippen molar-refractivity contribution < 1.29 is 80.2 Å². The number of ether oxygens (including phenoxy) is 4. The molecule has 0 aliphatic carbocycles. The summed E-state index contributed by atoms with van der Waals surface area (Å²) in [6.07, 6.45) is 60.9. The third-order valence-electron chi connectivity index (χ3n) is 18.3. The van der Waals surface area contributed by atoms with Gasteiger partial charge >= 0.3 is 39.5 Å². The molecule has 0 rings (SSSR count). The molecule has 0 amide bonds. The van der Waals surface area contributed by atoms with Crippen LogP contribution in [0.4, 0.5) is 0 Å². The number of esters is 4. The lowest BCUT2D eigenvalue weighted by Gasteiger charge is -2.21. The first-order valence-electron chi connectivity index (χ1n) is 40.6. The number of phosphoric acid groups is 2. The number of hydrogen-bond donors (Lipinski definition) is 3. The predicted octanol–water partition coefficient (Wildman–Crippen LogP) is 23.3. The zero-order valence-electron chi connectivity index (χ0n) is 63.2. The Bertz CT molecular complexity index is 1860. The molecule has 0 aromatic rings. The van der Waals surface area contributed by atoms with Gasteiger partial charge in [0.25, 0.3) is 0 Å². The summed E-state index contributed by atoms with van der Waals surface area (Å²) >= 11 is 0. The minimum Gasteiger partial charge on any atom is -0.462 e. The summed E-state index contributed by atoms with van der Waals surface area (Å²) in [5.41, 5.74) is 0. The summed E-state index contributed by atoms with van der Waals surface area (Å²) in [7, 11) is -9.91. The fourth-order valence-corrected chi connectivity index (χ4v) is 13.6. The van der Waals surface area contributed by atoms with Crippen molar-refractivity contribution in [2.24, 2.45) is 5.92 Å². The lowest BCUT2D eigenvalue weighted by molar-refractivity contribution is -0.161. The fourth-order valence-electron chi connectivity index (χ4n) is 12.1. The third-order valence-corrected chi connectivity index (χ3v) is 20.2. The molecule has 19 heteroatoms. The molecule has 0 aliphatic heterocycles. The molecule has 576 valence electrons. The molecule has 0 radical (unpaired) electrons. The van der Waals surface area contributed by atoms with Gasteiger partial charge in [-0.15, -0.1) is 0 Å². The maximum atomic E-state index is 13.1. The predicted molar refractivity (Wildman–Crippen MR) is 395 cm³/mol. The van der Waals surface area contributed by atoms with Crippen molar-refractivity contribution in [2.45, 2.75) is 432 Å². The Morgan fingerprint density at radius 1 is 0.278 bits per heavy atom. The van der Waals surface area contributed by atoms with E-state index in [9.17, 15) is 43.2 Å². The second kappa shape index (κ2) is 71.1. The molecule has 0 fully saturated rings. The van der Waals surface area contributed by atoms with Gasteiger partial charge in [0, 0.05) is 25.7 Å². The number of carbonyl (C=O) groups is 4. The Morgan fingerprint density at radius 3 is 0.701 bits per heavy atom. The molecule has 97 heavy (non-hydrogen) atoms. The van der Waals surface area contributed by atoms with Crippen LogP contribution in [-0.4, -0.2) is 96.7 Å². The molecule has 0 spiro atoms. The van der Waals surface area contributed by atoms with Crippen molar-refractivity contribution in [3.05, 3.63) is 0 Å². The SMILES string of the molecule is CCCCCCCCCCCCCCCCCCCCC(=O)O[C@H](COC(=O)CCCCCCCCCCCCCCCCC(C)C)COP(=O)(O)OC[C@@H](O)COP(=O)(O)OC[C@@H](COC(=O)CCCCCCCCCCCC)OC(=O)CCCCCCCCCCCCCC. The van der Waals surface area contributed by atoms with Crippen molar-refractivity contribution in [1.29, 1.82) is 0 Å². The van der Waals surface area contributed by atoms with Crippen LogP contribution in [0.5, 0.6) is 0 Å². The highest BCUT2D eigenvalue weighted by Crippen LogP contribution is 2.45. The Morgan fingerprint density at radius 2 is 0.474 bits per heavy atom. The zero-order chi connectivity index (χ0) is 71.2. The summed E-state index contributed by atoms with van der Waals surface area (Å²) in [5, 5.41) is 10.6. The largest absolute Gasteiger partial charge is 0.472 e. The van der Waals surface area contributed by atoms with Crippen LogP contribution >= 0.6 is 15.6 Å². The number of phosphoric ester groups is 2. The molecule has 0 saturated carbocycles. The van der Waals surface area contributed by atoms with Gasteiger partial charge in [0.2, 0.25) is 0 Å². The van der Waals surface area contributed by atoms with Crippen LogP contribution in [0.2, 0.25) is 0 Å². The zero-order valence-corrected chi connectivity index (χ0v) is 65.0. The van der Waals surface area contributed by atoms with E-state index in [0.29, 0.717) is 25.7 Å². The molecule has 0 aromatic heterocycles. The van der Waals surface area contributed by atoms with Crippen LogP contribution < -0.4 is 0 Å². The van der Waals surface area contributed by atoms with Gasteiger partial charge in [0.1, 0.15) is 19.3 Å². The van der Waals surface area contributed by atoms with E-state index in [0.717, 1.165) is 95.8 Å². The highest BCUT2D eigenvalue weighted by atomic mass is 31.2. The molecule has 0 bridgehead atoms. The lowest BCUT2D eigenvalue weighted by Crippen LogP contribution is -2.30. The fraction of sp³-hybridized carbons (Fsp3) is 0.949. The maximum Gasteiger partial charge on any atom is 0.472 e. The van der Waals surface area contributed by atoms with Gasteiger partial charge in [0.05, 0.1) is 26.4 Å². The van der Waals surface area contributed by atoms with E-state index in [4.69, 9.17) is 37.0 Å². The molecule has 2 unspecified atom stereocenters. The quantitative estimate of drug-likeness (QED) is 0.0222. The van der Waals surface area contributed by atoms with Gasteiger partial charge in [0.15, 0.2) is 12.2 Å². The average molecular weight is 1420 g/mol. The van der Waals surface area contributed by atoms with Crippen LogP contribution in [0.15, 0.2) is 0 Å². The van der Waals surface area contributed by atoms with Gasteiger partial charge in [-0.25, -0.2) is 9.13 Å². The van der Waals surface area contributed by atoms with E-state index in [2.05, 4.69) is 34.6 Å². The van der Waals surface area contributed by atoms with E-state index >= 15 is 0 Å². The van der Waals surface area contributed by atoms with E-state index in [1.807, 2.05) is 0 Å². The number of carbonyl (C=O) groups excluding carboxylic acids is 4. The summed E-state index contributed by atoms with van der Waals surface area (Å²) in [4.78, 5) is 72.9. The van der Waals surface area contributed by atoms with E-state index in [1.54, 1.807) is 0 Å². The van der Waals surface area contributed by atoms with E-state index in [1.165, 1.54) is 238 Å². The molecular weight excluding hydrogens is 1270 g/mol. The lowest BCUT2D eigenvalue weighted by atomic mass is 10.0. The number of unbranched alkanes of at least 4 members (excludes halogenated alkanes) is 50. The van der Waals surface area contributed by atoms with Gasteiger partial charge in [-0.05, 0) is 31.6 Å².